The summed E-state index contributed by atoms with van der Waals surface area (Å²) in [5, 5.41) is 3.72. The van der Waals surface area contributed by atoms with Crippen LogP contribution in [0, 0.1) is 11.8 Å². The molecule has 15 heavy (non-hydrogen) atoms. The summed E-state index contributed by atoms with van der Waals surface area (Å²) in [7, 11) is 0. The molecule has 0 aromatic carbocycles. The fourth-order valence-corrected chi connectivity index (χ4v) is 3.36. The Morgan fingerprint density at radius 2 is 2.40 bits per heavy atom. The summed E-state index contributed by atoms with van der Waals surface area (Å²) >= 11 is 0. The van der Waals surface area contributed by atoms with Gasteiger partial charge in [0.1, 0.15) is 5.82 Å². The molecule has 2 bridgehead atoms. The van der Waals surface area contributed by atoms with Crippen LogP contribution in [0.1, 0.15) is 44.5 Å². The van der Waals surface area contributed by atoms with E-state index in [1.165, 1.54) is 25.7 Å². The molecule has 2 saturated carbocycles. The maximum atomic E-state index is 4.30. The van der Waals surface area contributed by atoms with Crippen molar-refractivity contribution in [3.8, 4) is 0 Å². The summed E-state index contributed by atoms with van der Waals surface area (Å²) in [6.45, 7) is 2.20. The second kappa shape index (κ2) is 3.63. The van der Waals surface area contributed by atoms with Crippen LogP contribution in [0.3, 0.4) is 0 Å². The van der Waals surface area contributed by atoms with E-state index in [1.807, 2.05) is 12.4 Å². The summed E-state index contributed by atoms with van der Waals surface area (Å²) in [6.07, 6.45) is 9.48. The largest absolute Gasteiger partial charge is 0.347 e. The Morgan fingerprint density at radius 3 is 3.00 bits per heavy atom. The van der Waals surface area contributed by atoms with E-state index >= 15 is 0 Å². The molecule has 2 aliphatic carbocycles. The maximum absolute atomic E-state index is 4.30. The Morgan fingerprint density at radius 1 is 1.47 bits per heavy atom. The zero-order valence-electron chi connectivity index (χ0n) is 9.24. The Hall–Kier alpha value is -0.830. The van der Waals surface area contributed by atoms with Crippen LogP contribution in [0.4, 0.5) is 0 Å². The van der Waals surface area contributed by atoms with Gasteiger partial charge in [-0.1, -0.05) is 6.42 Å². The predicted octanol–water partition coefficient (Wildman–Crippen LogP) is 2.25. The molecule has 0 amide bonds. The predicted molar refractivity (Wildman–Crippen MR) is 59.4 cm³/mol. The lowest BCUT2D eigenvalue weighted by Crippen LogP contribution is -2.36. The molecule has 1 aromatic rings. The fraction of sp³-hybridized carbons (Fsp3) is 0.750. The maximum Gasteiger partial charge on any atom is 0.122 e. The first-order valence-corrected chi connectivity index (χ1v) is 6.08. The minimum Gasteiger partial charge on any atom is -0.347 e. The molecule has 1 aromatic heterocycles. The summed E-state index contributed by atoms with van der Waals surface area (Å²) < 4.78 is 0. The average molecular weight is 205 g/mol. The monoisotopic (exact) mass is 205 g/mol. The summed E-state index contributed by atoms with van der Waals surface area (Å²) in [5.41, 5.74) is 0. The number of nitrogens with one attached hydrogen (secondary N) is 2. The molecule has 0 saturated heterocycles. The van der Waals surface area contributed by atoms with Crippen molar-refractivity contribution in [3.63, 3.8) is 0 Å². The van der Waals surface area contributed by atoms with Crippen molar-refractivity contribution in [2.24, 2.45) is 11.8 Å². The summed E-state index contributed by atoms with van der Waals surface area (Å²) in [5.74, 6) is 3.02. The van der Waals surface area contributed by atoms with Crippen molar-refractivity contribution in [2.75, 3.05) is 0 Å². The number of nitrogens with zero attached hydrogens (tertiary/aromatic N) is 1. The van der Waals surface area contributed by atoms with Gasteiger partial charge < -0.3 is 10.3 Å². The Labute approximate surface area is 90.7 Å². The molecule has 0 radical (unpaired) electrons. The van der Waals surface area contributed by atoms with Gasteiger partial charge >= 0.3 is 0 Å². The van der Waals surface area contributed by atoms with Gasteiger partial charge in [0.05, 0.1) is 6.04 Å². The SMILES string of the molecule is CC(NC1CC2CCC1C2)c1ncc[nH]1. The molecule has 0 spiro atoms. The van der Waals surface area contributed by atoms with Crippen LogP contribution in [0.15, 0.2) is 12.4 Å². The minimum absolute atomic E-state index is 0.365. The zero-order valence-corrected chi connectivity index (χ0v) is 9.24. The van der Waals surface area contributed by atoms with Crippen LogP contribution in [-0.4, -0.2) is 16.0 Å². The first kappa shape index (κ1) is 9.40. The molecular weight excluding hydrogens is 186 g/mol. The molecular formula is C12H19N3. The van der Waals surface area contributed by atoms with Crippen molar-refractivity contribution in [1.82, 2.24) is 15.3 Å². The van der Waals surface area contributed by atoms with E-state index in [0.29, 0.717) is 6.04 Å². The van der Waals surface area contributed by atoms with Crippen molar-refractivity contribution < 1.29 is 0 Å². The quantitative estimate of drug-likeness (QED) is 0.794. The van der Waals surface area contributed by atoms with Crippen LogP contribution in [0.5, 0.6) is 0 Å². The molecule has 3 rings (SSSR count). The van der Waals surface area contributed by atoms with E-state index < -0.39 is 0 Å². The van der Waals surface area contributed by atoms with Crippen molar-refractivity contribution in [1.29, 1.82) is 0 Å². The van der Waals surface area contributed by atoms with Gasteiger partial charge in [0.25, 0.3) is 0 Å². The highest BCUT2D eigenvalue weighted by molar-refractivity contribution is 4.99. The van der Waals surface area contributed by atoms with Gasteiger partial charge in [-0.25, -0.2) is 4.98 Å². The molecule has 3 heteroatoms. The fourth-order valence-electron chi connectivity index (χ4n) is 3.36. The molecule has 2 aliphatic rings. The van der Waals surface area contributed by atoms with Gasteiger partial charge in [-0.05, 0) is 38.0 Å². The molecule has 1 heterocycles. The van der Waals surface area contributed by atoms with Crippen molar-refractivity contribution in [3.05, 3.63) is 18.2 Å². The first-order chi connectivity index (χ1) is 7.33. The average Bonchev–Trinajstić information content (AvgIpc) is 2.95. The van der Waals surface area contributed by atoms with Crippen molar-refractivity contribution >= 4 is 0 Å². The lowest BCUT2D eigenvalue weighted by atomic mass is 9.95. The lowest BCUT2D eigenvalue weighted by molar-refractivity contribution is 0.323. The minimum atomic E-state index is 0.365. The second-order valence-electron chi connectivity index (χ2n) is 5.14. The standard InChI is InChI=1S/C12H19N3/c1-8(12-13-4-5-14-12)15-11-7-9-2-3-10(11)6-9/h4-5,8-11,15H,2-3,6-7H2,1H3,(H,13,14). The van der Waals surface area contributed by atoms with E-state index in [1.54, 1.807) is 0 Å². The number of aromatic nitrogens is 2. The third-order valence-electron chi connectivity index (χ3n) is 4.13. The third kappa shape index (κ3) is 1.69. The number of aromatic amines is 1. The number of hydrogen-bond donors (Lipinski definition) is 2. The van der Waals surface area contributed by atoms with Crippen LogP contribution in [-0.2, 0) is 0 Å². The molecule has 0 aliphatic heterocycles. The molecule has 4 atom stereocenters. The van der Waals surface area contributed by atoms with Crippen molar-refractivity contribution in [2.45, 2.75) is 44.7 Å². The molecule has 2 fully saturated rings. The van der Waals surface area contributed by atoms with Gasteiger partial charge in [0.2, 0.25) is 0 Å². The number of hydrogen-bond acceptors (Lipinski definition) is 2. The molecule has 2 N–H and O–H groups in total. The highest BCUT2D eigenvalue weighted by Gasteiger charge is 2.39. The van der Waals surface area contributed by atoms with Crippen LogP contribution >= 0.6 is 0 Å². The van der Waals surface area contributed by atoms with Gasteiger partial charge in [-0.2, -0.15) is 0 Å². The van der Waals surface area contributed by atoms with Gasteiger partial charge in [0.15, 0.2) is 0 Å². The van der Waals surface area contributed by atoms with E-state index in [0.717, 1.165) is 23.7 Å². The summed E-state index contributed by atoms with van der Waals surface area (Å²) in [4.78, 5) is 7.48. The van der Waals surface area contributed by atoms with Gasteiger partial charge in [0, 0.05) is 18.4 Å². The van der Waals surface area contributed by atoms with E-state index in [4.69, 9.17) is 0 Å². The normalized spacial score (nSPS) is 35.9. The van der Waals surface area contributed by atoms with E-state index in [-0.39, 0.29) is 0 Å². The lowest BCUT2D eigenvalue weighted by Gasteiger charge is -2.25. The number of fused-ring (bicyclic) bond motifs is 2. The zero-order chi connectivity index (χ0) is 10.3. The Bertz CT molecular complexity index is 320. The molecule has 82 valence electrons. The number of rotatable bonds is 3. The molecule has 4 unspecified atom stereocenters. The van der Waals surface area contributed by atoms with Gasteiger partial charge in [-0.15, -0.1) is 0 Å². The van der Waals surface area contributed by atoms with E-state index in [9.17, 15) is 0 Å². The first-order valence-electron chi connectivity index (χ1n) is 6.08. The van der Waals surface area contributed by atoms with Gasteiger partial charge in [-0.3, -0.25) is 0 Å². The molecule has 3 nitrogen and oxygen atoms in total. The number of imidazole rings is 1. The summed E-state index contributed by atoms with van der Waals surface area (Å²) in [6, 6.07) is 1.10. The van der Waals surface area contributed by atoms with E-state index in [2.05, 4.69) is 22.2 Å². The Kier molecular flexibility index (Phi) is 2.28. The highest BCUT2D eigenvalue weighted by Crippen LogP contribution is 2.44. The second-order valence-corrected chi connectivity index (χ2v) is 5.14. The number of H-pyrrole nitrogens is 1. The topological polar surface area (TPSA) is 40.7 Å². The smallest absolute Gasteiger partial charge is 0.122 e. The Balaban J connectivity index is 1.62. The van der Waals surface area contributed by atoms with Crippen LogP contribution < -0.4 is 5.32 Å². The van der Waals surface area contributed by atoms with Crippen LogP contribution in [0.25, 0.3) is 0 Å². The van der Waals surface area contributed by atoms with Crippen LogP contribution in [0.2, 0.25) is 0 Å². The third-order valence-corrected chi connectivity index (χ3v) is 4.13. The highest BCUT2D eigenvalue weighted by atomic mass is 15.0.